The summed E-state index contributed by atoms with van der Waals surface area (Å²) in [5.41, 5.74) is 1.66. The van der Waals surface area contributed by atoms with Gasteiger partial charge in [0.1, 0.15) is 5.82 Å². The Labute approximate surface area is 183 Å². The van der Waals surface area contributed by atoms with Crippen LogP contribution in [0.25, 0.3) is 0 Å². The van der Waals surface area contributed by atoms with Crippen molar-refractivity contribution >= 4 is 17.8 Å². The van der Waals surface area contributed by atoms with Crippen molar-refractivity contribution in [3.63, 3.8) is 0 Å². The van der Waals surface area contributed by atoms with Crippen LogP contribution in [-0.4, -0.2) is 27.8 Å². The largest absolute Gasteiger partial charge is 0.334 e. The fourth-order valence-electron chi connectivity index (χ4n) is 4.25. The van der Waals surface area contributed by atoms with E-state index in [4.69, 9.17) is 5.10 Å². The zero-order valence-electron chi connectivity index (χ0n) is 18.4. The van der Waals surface area contributed by atoms with Crippen LogP contribution in [0.1, 0.15) is 64.0 Å². The van der Waals surface area contributed by atoms with Gasteiger partial charge in [-0.3, -0.25) is 15.4 Å². The number of rotatable bonds is 4. The SMILES string of the molecule is CC(C)(C)c1cc(NC(=O)NCc2ccccc2)n(C2NC(=O)C3CCCCC3N2)n1. The van der Waals surface area contributed by atoms with Crippen molar-refractivity contribution in [2.45, 2.75) is 70.7 Å². The molecule has 0 radical (unpaired) electrons. The predicted molar refractivity (Wildman–Crippen MR) is 119 cm³/mol. The maximum atomic E-state index is 12.7. The molecule has 166 valence electrons. The van der Waals surface area contributed by atoms with Crippen LogP contribution in [-0.2, 0) is 16.8 Å². The molecule has 2 heterocycles. The fourth-order valence-corrected chi connectivity index (χ4v) is 4.25. The van der Waals surface area contributed by atoms with E-state index < -0.39 is 6.29 Å². The molecule has 1 aromatic carbocycles. The van der Waals surface area contributed by atoms with Gasteiger partial charge in [0.2, 0.25) is 5.91 Å². The maximum absolute atomic E-state index is 12.7. The number of urea groups is 1. The van der Waals surface area contributed by atoms with Gasteiger partial charge in [0.05, 0.1) is 11.6 Å². The Morgan fingerprint density at radius 2 is 1.94 bits per heavy atom. The van der Waals surface area contributed by atoms with E-state index in [-0.39, 0.29) is 29.3 Å². The highest BCUT2D eigenvalue weighted by Crippen LogP contribution is 2.31. The van der Waals surface area contributed by atoms with Crippen LogP contribution in [0, 0.1) is 5.92 Å². The number of aromatic nitrogens is 2. The summed E-state index contributed by atoms with van der Waals surface area (Å²) in [7, 11) is 0. The van der Waals surface area contributed by atoms with Gasteiger partial charge < -0.3 is 10.6 Å². The van der Waals surface area contributed by atoms with Crippen molar-refractivity contribution in [2.75, 3.05) is 5.32 Å². The van der Waals surface area contributed by atoms with Crippen LogP contribution in [0.2, 0.25) is 0 Å². The standard InChI is InChI=1S/C23H32N6O2/c1-23(2,3)18-13-19(26-22(31)24-14-15-9-5-4-6-10-15)29(28-18)21-25-17-12-8-7-11-16(17)20(30)27-21/h4-6,9-10,13,16-17,21,25H,7-8,11-12,14H2,1-3H3,(H,27,30)(H2,24,26,31). The summed E-state index contributed by atoms with van der Waals surface area (Å²) in [4.78, 5) is 25.3. The van der Waals surface area contributed by atoms with E-state index in [1.54, 1.807) is 4.68 Å². The lowest BCUT2D eigenvalue weighted by Gasteiger charge is -2.40. The first-order valence-corrected chi connectivity index (χ1v) is 11.1. The van der Waals surface area contributed by atoms with Gasteiger partial charge in [0.15, 0.2) is 6.29 Å². The highest BCUT2D eigenvalue weighted by Gasteiger charge is 2.39. The number of hydrogen-bond donors (Lipinski definition) is 4. The molecule has 1 aliphatic carbocycles. The second kappa shape index (κ2) is 8.70. The van der Waals surface area contributed by atoms with Crippen LogP contribution >= 0.6 is 0 Å². The quantitative estimate of drug-likeness (QED) is 0.605. The lowest BCUT2D eigenvalue weighted by molar-refractivity contribution is -0.132. The number of anilines is 1. The van der Waals surface area contributed by atoms with Crippen molar-refractivity contribution in [1.82, 2.24) is 25.7 Å². The molecule has 2 aliphatic rings. The molecule has 0 spiro atoms. The van der Waals surface area contributed by atoms with Crippen molar-refractivity contribution < 1.29 is 9.59 Å². The van der Waals surface area contributed by atoms with E-state index in [0.717, 1.165) is 36.9 Å². The van der Waals surface area contributed by atoms with Crippen LogP contribution < -0.4 is 21.3 Å². The first-order valence-electron chi connectivity index (χ1n) is 11.1. The molecule has 1 aromatic heterocycles. The maximum Gasteiger partial charge on any atom is 0.320 e. The summed E-state index contributed by atoms with van der Waals surface area (Å²) < 4.78 is 1.69. The van der Waals surface area contributed by atoms with Gasteiger partial charge >= 0.3 is 6.03 Å². The fraction of sp³-hybridized carbons (Fsp3) is 0.522. The number of fused-ring (bicyclic) bond motifs is 1. The Morgan fingerprint density at radius 1 is 1.19 bits per heavy atom. The van der Waals surface area contributed by atoms with Gasteiger partial charge in [-0.05, 0) is 18.4 Å². The third-order valence-corrected chi connectivity index (χ3v) is 6.04. The molecule has 1 aliphatic heterocycles. The van der Waals surface area contributed by atoms with Crippen LogP contribution in [0.5, 0.6) is 0 Å². The lowest BCUT2D eigenvalue weighted by atomic mass is 9.83. The number of carbonyl (C=O) groups excluding carboxylic acids is 2. The van der Waals surface area contributed by atoms with Crippen molar-refractivity contribution in [3.05, 3.63) is 47.7 Å². The molecular weight excluding hydrogens is 392 g/mol. The molecule has 8 nitrogen and oxygen atoms in total. The van der Waals surface area contributed by atoms with Gasteiger partial charge in [-0.2, -0.15) is 5.10 Å². The number of amides is 3. The van der Waals surface area contributed by atoms with Crippen molar-refractivity contribution in [3.8, 4) is 0 Å². The molecule has 3 amide bonds. The zero-order valence-corrected chi connectivity index (χ0v) is 18.4. The Kier molecular flexibility index (Phi) is 6.00. The average Bonchev–Trinajstić information content (AvgIpc) is 3.17. The van der Waals surface area contributed by atoms with E-state index in [1.807, 2.05) is 36.4 Å². The minimum Gasteiger partial charge on any atom is -0.334 e. The minimum absolute atomic E-state index is 0.00762. The number of nitrogens with one attached hydrogen (secondary N) is 4. The van der Waals surface area contributed by atoms with Gasteiger partial charge in [-0.1, -0.05) is 63.9 Å². The summed E-state index contributed by atoms with van der Waals surface area (Å²) in [6.07, 6.45) is 3.60. The van der Waals surface area contributed by atoms with Gasteiger partial charge in [-0.25, -0.2) is 9.48 Å². The zero-order chi connectivity index (χ0) is 22.0. The Balaban J connectivity index is 1.52. The Morgan fingerprint density at radius 3 is 2.68 bits per heavy atom. The Hall–Kier alpha value is -2.87. The van der Waals surface area contributed by atoms with Crippen molar-refractivity contribution in [1.29, 1.82) is 0 Å². The molecule has 3 unspecified atom stereocenters. The van der Waals surface area contributed by atoms with E-state index in [9.17, 15) is 9.59 Å². The summed E-state index contributed by atoms with van der Waals surface area (Å²) in [6.45, 7) is 6.64. The third-order valence-electron chi connectivity index (χ3n) is 6.04. The Bertz CT molecular complexity index is 933. The molecular formula is C23H32N6O2. The van der Waals surface area contributed by atoms with E-state index in [1.165, 1.54) is 0 Å². The minimum atomic E-state index is -0.493. The molecule has 1 saturated heterocycles. The smallest absolute Gasteiger partial charge is 0.320 e. The normalized spacial score (nSPS) is 23.6. The van der Waals surface area contributed by atoms with Crippen LogP contribution in [0.4, 0.5) is 10.6 Å². The second-order valence-corrected chi connectivity index (χ2v) is 9.48. The molecule has 3 atom stereocenters. The molecule has 2 fully saturated rings. The van der Waals surface area contributed by atoms with Crippen LogP contribution in [0.3, 0.4) is 0 Å². The van der Waals surface area contributed by atoms with E-state index in [0.29, 0.717) is 12.4 Å². The second-order valence-electron chi connectivity index (χ2n) is 9.48. The average molecular weight is 425 g/mol. The van der Waals surface area contributed by atoms with Gasteiger partial charge in [0.25, 0.3) is 0 Å². The summed E-state index contributed by atoms with van der Waals surface area (Å²) in [6, 6.07) is 11.4. The monoisotopic (exact) mass is 424 g/mol. The number of nitrogens with zero attached hydrogens (tertiary/aromatic N) is 2. The highest BCUT2D eigenvalue weighted by molar-refractivity contribution is 5.88. The van der Waals surface area contributed by atoms with Gasteiger partial charge in [0, 0.05) is 24.1 Å². The van der Waals surface area contributed by atoms with E-state index >= 15 is 0 Å². The first-order chi connectivity index (χ1) is 14.8. The highest BCUT2D eigenvalue weighted by atomic mass is 16.2. The summed E-state index contributed by atoms with van der Waals surface area (Å²) in [5.74, 6) is 0.608. The van der Waals surface area contributed by atoms with Crippen LogP contribution in [0.15, 0.2) is 36.4 Å². The number of benzene rings is 1. The molecule has 2 aromatic rings. The predicted octanol–water partition coefficient (Wildman–Crippen LogP) is 3.24. The van der Waals surface area contributed by atoms with Crippen molar-refractivity contribution in [2.24, 2.45) is 5.92 Å². The first kappa shape index (κ1) is 21.4. The molecule has 31 heavy (non-hydrogen) atoms. The topological polar surface area (TPSA) is 100 Å². The summed E-state index contributed by atoms with van der Waals surface area (Å²) in [5, 5.41) is 17.1. The summed E-state index contributed by atoms with van der Waals surface area (Å²) >= 11 is 0. The number of hydrogen-bond acceptors (Lipinski definition) is 4. The molecule has 1 saturated carbocycles. The molecule has 8 heteroatoms. The molecule has 0 bridgehead atoms. The lowest BCUT2D eigenvalue weighted by Crippen LogP contribution is -2.59. The van der Waals surface area contributed by atoms with E-state index in [2.05, 4.69) is 42.0 Å². The van der Waals surface area contributed by atoms with Gasteiger partial charge in [-0.15, -0.1) is 0 Å². The molecule has 4 rings (SSSR count). The number of carbonyl (C=O) groups is 2. The third kappa shape index (κ3) is 4.90. The molecule has 4 N–H and O–H groups in total.